The minimum absolute atomic E-state index is 0.129. The molecule has 1 unspecified atom stereocenters. The van der Waals surface area contributed by atoms with Crippen LogP contribution in [0.5, 0.6) is 0 Å². The van der Waals surface area contributed by atoms with Gasteiger partial charge in [0.2, 0.25) is 0 Å². The van der Waals surface area contributed by atoms with Crippen LogP contribution in [0.3, 0.4) is 0 Å². The molecule has 2 aromatic rings. The van der Waals surface area contributed by atoms with Gasteiger partial charge in [-0.1, -0.05) is 18.2 Å². The van der Waals surface area contributed by atoms with Gasteiger partial charge in [0, 0.05) is 8.45 Å². The summed E-state index contributed by atoms with van der Waals surface area (Å²) in [5.74, 6) is -1.19. The molecule has 1 aromatic carbocycles. The maximum absolute atomic E-state index is 12.2. The van der Waals surface area contributed by atoms with Crippen LogP contribution < -0.4 is 5.32 Å². The fourth-order valence-electron chi connectivity index (χ4n) is 1.77. The van der Waals surface area contributed by atoms with E-state index in [4.69, 9.17) is 5.11 Å². The largest absolute Gasteiger partial charge is 0.481 e. The fourth-order valence-corrected chi connectivity index (χ4v) is 3.18. The Morgan fingerprint density at radius 1 is 1.25 bits per heavy atom. The first kappa shape index (κ1) is 15.0. The normalized spacial score (nSPS) is 11.8. The lowest BCUT2D eigenvalue weighted by molar-refractivity contribution is -0.137. The molecular weight excluding hydrogens is 389 g/mol. The lowest BCUT2D eigenvalue weighted by atomic mass is 10.1. The zero-order chi connectivity index (χ0) is 14.5. The van der Waals surface area contributed by atoms with E-state index in [2.05, 4.69) is 27.9 Å². The predicted octanol–water partition coefficient (Wildman–Crippen LogP) is 3.30. The highest BCUT2D eigenvalue weighted by atomic mass is 127. The molecule has 2 N–H and O–H groups in total. The van der Waals surface area contributed by atoms with E-state index in [-0.39, 0.29) is 12.3 Å². The first-order valence-electron chi connectivity index (χ1n) is 5.88. The Morgan fingerprint density at radius 2 is 2.00 bits per heavy atom. The number of aliphatic carboxylic acids is 1. The molecule has 0 radical (unpaired) electrons. The van der Waals surface area contributed by atoms with Gasteiger partial charge in [-0.05, 0) is 46.2 Å². The van der Waals surface area contributed by atoms with Crippen LogP contribution in [0.1, 0.15) is 27.7 Å². The van der Waals surface area contributed by atoms with E-state index in [0.717, 1.165) is 8.45 Å². The minimum atomic E-state index is -0.938. The summed E-state index contributed by atoms with van der Waals surface area (Å²) in [6.07, 6.45) is -0.129. The second-order valence-electron chi connectivity index (χ2n) is 4.12. The lowest BCUT2D eigenvalue weighted by Gasteiger charge is -2.16. The van der Waals surface area contributed by atoms with Gasteiger partial charge < -0.3 is 10.4 Å². The fraction of sp³-hybridized carbons (Fsp3) is 0.143. The third-order valence-corrected chi connectivity index (χ3v) is 4.62. The van der Waals surface area contributed by atoms with Crippen molar-refractivity contribution in [2.45, 2.75) is 12.5 Å². The van der Waals surface area contributed by atoms with Crippen LogP contribution in [-0.4, -0.2) is 17.0 Å². The van der Waals surface area contributed by atoms with Gasteiger partial charge in [0.1, 0.15) is 0 Å². The first-order chi connectivity index (χ1) is 9.58. The molecule has 20 heavy (non-hydrogen) atoms. The van der Waals surface area contributed by atoms with Gasteiger partial charge >= 0.3 is 5.97 Å². The number of hydrogen-bond acceptors (Lipinski definition) is 3. The average molecular weight is 401 g/mol. The van der Waals surface area contributed by atoms with Gasteiger partial charge in [0.05, 0.1) is 18.0 Å². The quantitative estimate of drug-likeness (QED) is 0.756. The Kier molecular flexibility index (Phi) is 5.13. The molecule has 0 saturated carbocycles. The van der Waals surface area contributed by atoms with E-state index in [9.17, 15) is 9.59 Å². The Labute approximate surface area is 134 Å². The zero-order valence-corrected chi connectivity index (χ0v) is 13.3. The summed E-state index contributed by atoms with van der Waals surface area (Å²) >= 11 is 3.52. The SMILES string of the molecule is O=C(O)CC(NC(=O)c1ccccc1I)c1cccs1. The molecular formula is C14H12INO3S. The summed E-state index contributed by atoms with van der Waals surface area (Å²) in [4.78, 5) is 24.0. The summed E-state index contributed by atoms with van der Waals surface area (Å²) in [7, 11) is 0. The van der Waals surface area contributed by atoms with Crippen molar-refractivity contribution in [2.75, 3.05) is 0 Å². The molecule has 0 saturated heterocycles. The monoisotopic (exact) mass is 401 g/mol. The number of nitrogens with one attached hydrogen (secondary N) is 1. The molecule has 104 valence electrons. The number of amides is 1. The number of hydrogen-bond donors (Lipinski definition) is 2. The number of carboxylic acids is 1. The van der Waals surface area contributed by atoms with Gasteiger partial charge in [-0.3, -0.25) is 9.59 Å². The molecule has 0 aliphatic rings. The maximum Gasteiger partial charge on any atom is 0.305 e. The molecule has 0 fully saturated rings. The maximum atomic E-state index is 12.2. The van der Waals surface area contributed by atoms with E-state index in [1.807, 2.05) is 29.6 Å². The number of carbonyl (C=O) groups excluding carboxylic acids is 1. The topological polar surface area (TPSA) is 66.4 Å². The van der Waals surface area contributed by atoms with Crippen LogP contribution in [0.15, 0.2) is 41.8 Å². The number of thiophene rings is 1. The van der Waals surface area contributed by atoms with Gasteiger partial charge in [-0.2, -0.15) is 0 Å². The Balaban J connectivity index is 2.18. The van der Waals surface area contributed by atoms with E-state index in [0.29, 0.717) is 5.56 Å². The third kappa shape index (κ3) is 3.80. The number of carbonyl (C=O) groups is 2. The van der Waals surface area contributed by atoms with Crippen LogP contribution in [0.2, 0.25) is 0 Å². The van der Waals surface area contributed by atoms with Crippen molar-refractivity contribution >= 4 is 45.8 Å². The summed E-state index contributed by atoms with van der Waals surface area (Å²) in [5.41, 5.74) is 0.556. The van der Waals surface area contributed by atoms with Gasteiger partial charge in [-0.25, -0.2) is 0 Å². The van der Waals surface area contributed by atoms with Crippen LogP contribution in [-0.2, 0) is 4.79 Å². The predicted molar refractivity (Wildman–Crippen MR) is 85.9 cm³/mol. The molecule has 1 atom stereocenters. The summed E-state index contributed by atoms with van der Waals surface area (Å²) in [6.45, 7) is 0. The van der Waals surface area contributed by atoms with Crippen molar-refractivity contribution in [3.05, 3.63) is 55.8 Å². The second kappa shape index (κ2) is 6.85. The molecule has 1 aromatic heterocycles. The number of rotatable bonds is 5. The second-order valence-corrected chi connectivity index (χ2v) is 6.26. The molecule has 4 nitrogen and oxygen atoms in total. The lowest BCUT2D eigenvalue weighted by Crippen LogP contribution is -2.30. The first-order valence-corrected chi connectivity index (χ1v) is 7.84. The van der Waals surface area contributed by atoms with E-state index in [1.54, 1.807) is 12.1 Å². The Bertz CT molecular complexity index is 613. The summed E-state index contributed by atoms with van der Waals surface area (Å²) < 4.78 is 0.836. The third-order valence-electron chi connectivity index (χ3n) is 2.69. The van der Waals surface area contributed by atoms with Crippen LogP contribution >= 0.6 is 33.9 Å². The molecule has 0 spiro atoms. The van der Waals surface area contributed by atoms with Crippen LogP contribution in [0, 0.1) is 3.57 Å². The van der Waals surface area contributed by atoms with E-state index < -0.39 is 12.0 Å². The van der Waals surface area contributed by atoms with Crippen molar-refractivity contribution in [1.29, 1.82) is 0 Å². The zero-order valence-electron chi connectivity index (χ0n) is 10.4. The highest BCUT2D eigenvalue weighted by Gasteiger charge is 2.20. The average Bonchev–Trinajstić information content (AvgIpc) is 2.91. The van der Waals surface area contributed by atoms with Gasteiger partial charge in [-0.15, -0.1) is 11.3 Å². The minimum Gasteiger partial charge on any atom is -0.481 e. The van der Waals surface area contributed by atoms with E-state index in [1.165, 1.54) is 11.3 Å². The molecule has 0 aliphatic carbocycles. The van der Waals surface area contributed by atoms with Crippen molar-refractivity contribution in [3.63, 3.8) is 0 Å². The van der Waals surface area contributed by atoms with Crippen molar-refractivity contribution in [3.8, 4) is 0 Å². The molecule has 2 rings (SSSR count). The Morgan fingerprint density at radius 3 is 2.60 bits per heavy atom. The van der Waals surface area contributed by atoms with Crippen molar-refractivity contribution < 1.29 is 14.7 Å². The van der Waals surface area contributed by atoms with Gasteiger partial charge in [0.25, 0.3) is 5.91 Å². The molecule has 6 heteroatoms. The molecule has 1 amide bonds. The standard InChI is InChI=1S/C14H12INO3S/c15-10-5-2-1-4-9(10)14(19)16-11(8-13(17)18)12-6-3-7-20-12/h1-7,11H,8H2,(H,16,19)(H,17,18). The number of carboxylic acid groups (broad SMARTS) is 1. The van der Waals surface area contributed by atoms with Crippen molar-refractivity contribution in [1.82, 2.24) is 5.32 Å². The highest BCUT2D eigenvalue weighted by molar-refractivity contribution is 14.1. The van der Waals surface area contributed by atoms with Crippen molar-refractivity contribution in [2.24, 2.45) is 0 Å². The highest BCUT2D eigenvalue weighted by Crippen LogP contribution is 2.23. The number of halogens is 1. The van der Waals surface area contributed by atoms with Gasteiger partial charge in [0.15, 0.2) is 0 Å². The van der Waals surface area contributed by atoms with E-state index >= 15 is 0 Å². The molecule has 0 aliphatic heterocycles. The molecule has 1 heterocycles. The molecule has 0 bridgehead atoms. The smallest absolute Gasteiger partial charge is 0.305 e. The number of benzene rings is 1. The summed E-state index contributed by atoms with van der Waals surface area (Å²) in [6, 6.07) is 10.4. The van der Waals surface area contributed by atoms with Crippen LogP contribution in [0.25, 0.3) is 0 Å². The Hall–Kier alpha value is -1.41. The van der Waals surface area contributed by atoms with Crippen LogP contribution in [0.4, 0.5) is 0 Å². The summed E-state index contributed by atoms with van der Waals surface area (Å²) in [5, 5.41) is 13.6.